The number of hydrogen-bond acceptors (Lipinski definition) is 3. The summed E-state index contributed by atoms with van der Waals surface area (Å²) >= 11 is 0. The predicted molar refractivity (Wildman–Crippen MR) is 66.7 cm³/mol. The quantitative estimate of drug-likeness (QED) is 0.772. The van der Waals surface area contributed by atoms with Crippen LogP contribution in [0, 0.1) is 0 Å². The van der Waals surface area contributed by atoms with E-state index in [1.807, 2.05) is 24.3 Å². The first kappa shape index (κ1) is 13.3. The molecule has 0 fully saturated rings. The van der Waals surface area contributed by atoms with Gasteiger partial charge in [-0.15, -0.1) is 0 Å². The molecule has 0 heterocycles. The Morgan fingerprint density at radius 2 is 2.00 bits per heavy atom. The highest BCUT2D eigenvalue weighted by atomic mass is 16.5. The lowest BCUT2D eigenvalue weighted by Gasteiger charge is -2.20. The molecule has 1 aromatic rings. The summed E-state index contributed by atoms with van der Waals surface area (Å²) in [7, 11) is 1.62. The molecule has 2 amide bonds. The Bertz CT molecular complexity index is 351. The second-order valence-electron chi connectivity index (χ2n) is 3.75. The summed E-state index contributed by atoms with van der Waals surface area (Å²) in [5.41, 5.74) is 11.7. The number of primary amides is 1. The molecule has 0 aliphatic heterocycles. The van der Waals surface area contributed by atoms with Crippen molar-refractivity contribution in [1.29, 1.82) is 0 Å². The lowest BCUT2D eigenvalue weighted by atomic mass is 10.2. The van der Waals surface area contributed by atoms with E-state index < -0.39 is 6.03 Å². The van der Waals surface area contributed by atoms with Gasteiger partial charge < -0.3 is 21.1 Å². The van der Waals surface area contributed by atoms with Gasteiger partial charge in [-0.05, 0) is 30.7 Å². The number of carbonyl (C=O) groups excluding carboxylic acids is 1. The van der Waals surface area contributed by atoms with Crippen molar-refractivity contribution in [2.75, 3.05) is 20.2 Å². The van der Waals surface area contributed by atoms with Crippen LogP contribution in [0.15, 0.2) is 24.3 Å². The van der Waals surface area contributed by atoms with Crippen LogP contribution in [0.2, 0.25) is 0 Å². The second kappa shape index (κ2) is 6.75. The van der Waals surface area contributed by atoms with Crippen LogP contribution in [0.25, 0.3) is 0 Å². The van der Waals surface area contributed by atoms with Gasteiger partial charge in [-0.1, -0.05) is 12.1 Å². The molecule has 1 aromatic carbocycles. The van der Waals surface area contributed by atoms with Crippen LogP contribution in [0.3, 0.4) is 0 Å². The van der Waals surface area contributed by atoms with Crippen molar-refractivity contribution in [2.45, 2.75) is 13.0 Å². The molecule has 0 bridgehead atoms. The largest absolute Gasteiger partial charge is 0.497 e. The molecule has 0 radical (unpaired) electrons. The summed E-state index contributed by atoms with van der Waals surface area (Å²) in [6, 6.07) is 7.12. The molecule has 0 aromatic heterocycles. The molecule has 0 aliphatic carbocycles. The lowest BCUT2D eigenvalue weighted by Crippen LogP contribution is -2.36. The molecule has 5 heteroatoms. The van der Waals surface area contributed by atoms with Crippen molar-refractivity contribution in [2.24, 2.45) is 11.5 Å². The predicted octanol–water partition coefficient (Wildman–Crippen LogP) is 0.925. The third-order valence-electron chi connectivity index (χ3n) is 2.48. The van der Waals surface area contributed by atoms with Gasteiger partial charge in [0.25, 0.3) is 0 Å². The molecule has 0 saturated heterocycles. The standard InChI is InChI=1S/C12H19N3O2/c1-17-11-5-3-10(4-6-11)9-15(12(14)16)8-2-7-13/h3-6H,2,7-9,13H2,1H3,(H2,14,16). The molecule has 1 rings (SSSR count). The highest BCUT2D eigenvalue weighted by Gasteiger charge is 2.09. The maximum Gasteiger partial charge on any atom is 0.315 e. The van der Waals surface area contributed by atoms with E-state index in [-0.39, 0.29) is 0 Å². The molecular formula is C12H19N3O2. The van der Waals surface area contributed by atoms with Gasteiger partial charge in [-0.2, -0.15) is 0 Å². The van der Waals surface area contributed by atoms with E-state index in [9.17, 15) is 4.79 Å². The van der Waals surface area contributed by atoms with E-state index in [1.54, 1.807) is 12.0 Å². The number of rotatable bonds is 6. The van der Waals surface area contributed by atoms with Crippen LogP contribution in [-0.2, 0) is 6.54 Å². The van der Waals surface area contributed by atoms with Crippen LogP contribution in [0.1, 0.15) is 12.0 Å². The summed E-state index contributed by atoms with van der Waals surface area (Å²) in [5.74, 6) is 0.793. The molecule has 0 unspecified atom stereocenters. The minimum atomic E-state index is -0.422. The number of nitrogens with two attached hydrogens (primary N) is 2. The number of benzene rings is 1. The summed E-state index contributed by atoms with van der Waals surface area (Å²) in [5, 5.41) is 0. The molecule has 0 aliphatic rings. The molecule has 5 nitrogen and oxygen atoms in total. The van der Waals surface area contributed by atoms with Crippen LogP contribution in [0.5, 0.6) is 5.75 Å². The summed E-state index contributed by atoms with van der Waals surface area (Å²) < 4.78 is 5.06. The Kier molecular flexibility index (Phi) is 5.29. The Hall–Kier alpha value is -1.75. The van der Waals surface area contributed by atoms with Gasteiger partial charge in [-0.25, -0.2) is 4.79 Å². The number of amides is 2. The normalized spacial score (nSPS) is 10.0. The summed E-state index contributed by atoms with van der Waals surface area (Å²) in [6.45, 7) is 1.63. The molecule has 0 spiro atoms. The number of nitrogens with zero attached hydrogens (tertiary/aromatic N) is 1. The highest BCUT2D eigenvalue weighted by Crippen LogP contribution is 2.13. The van der Waals surface area contributed by atoms with Gasteiger partial charge in [0, 0.05) is 13.1 Å². The van der Waals surface area contributed by atoms with Crippen molar-refractivity contribution in [1.82, 2.24) is 4.90 Å². The maximum atomic E-state index is 11.2. The fourth-order valence-electron chi connectivity index (χ4n) is 1.50. The van der Waals surface area contributed by atoms with E-state index in [0.29, 0.717) is 19.6 Å². The first-order valence-electron chi connectivity index (χ1n) is 5.54. The van der Waals surface area contributed by atoms with E-state index in [2.05, 4.69) is 0 Å². The first-order chi connectivity index (χ1) is 8.17. The topological polar surface area (TPSA) is 81.6 Å². The van der Waals surface area contributed by atoms with Crippen molar-refractivity contribution in [3.05, 3.63) is 29.8 Å². The smallest absolute Gasteiger partial charge is 0.315 e. The minimum Gasteiger partial charge on any atom is -0.497 e. The molecule has 17 heavy (non-hydrogen) atoms. The Balaban J connectivity index is 2.61. The van der Waals surface area contributed by atoms with Gasteiger partial charge in [-0.3, -0.25) is 0 Å². The molecule has 0 atom stereocenters. The number of methoxy groups -OCH3 is 1. The molecule has 0 saturated carbocycles. The molecule has 4 N–H and O–H groups in total. The van der Waals surface area contributed by atoms with E-state index in [0.717, 1.165) is 17.7 Å². The number of urea groups is 1. The minimum absolute atomic E-state index is 0.422. The average Bonchev–Trinajstić information content (AvgIpc) is 2.35. The monoisotopic (exact) mass is 237 g/mol. The Morgan fingerprint density at radius 3 is 2.47 bits per heavy atom. The fourth-order valence-corrected chi connectivity index (χ4v) is 1.50. The van der Waals surface area contributed by atoms with Gasteiger partial charge in [0.2, 0.25) is 0 Å². The van der Waals surface area contributed by atoms with Crippen molar-refractivity contribution in [3.8, 4) is 5.75 Å². The maximum absolute atomic E-state index is 11.2. The fraction of sp³-hybridized carbons (Fsp3) is 0.417. The third kappa shape index (κ3) is 4.32. The number of hydrogen-bond donors (Lipinski definition) is 2. The van der Waals surface area contributed by atoms with Crippen LogP contribution in [-0.4, -0.2) is 31.1 Å². The van der Waals surface area contributed by atoms with Crippen LogP contribution >= 0.6 is 0 Å². The first-order valence-corrected chi connectivity index (χ1v) is 5.54. The van der Waals surface area contributed by atoms with Crippen LogP contribution in [0.4, 0.5) is 4.79 Å². The van der Waals surface area contributed by atoms with Crippen molar-refractivity contribution in [3.63, 3.8) is 0 Å². The molecule has 94 valence electrons. The SMILES string of the molecule is COc1ccc(CN(CCCN)C(N)=O)cc1. The Morgan fingerprint density at radius 1 is 1.35 bits per heavy atom. The zero-order valence-corrected chi connectivity index (χ0v) is 10.1. The zero-order valence-electron chi connectivity index (χ0n) is 10.1. The van der Waals surface area contributed by atoms with Gasteiger partial charge in [0.15, 0.2) is 0 Å². The van der Waals surface area contributed by atoms with Gasteiger partial charge in [0.05, 0.1) is 7.11 Å². The van der Waals surface area contributed by atoms with Crippen molar-refractivity contribution < 1.29 is 9.53 Å². The Labute approximate surface area is 101 Å². The van der Waals surface area contributed by atoms with E-state index in [4.69, 9.17) is 16.2 Å². The number of carbonyl (C=O) groups is 1. The molecular weight excluding hydrogens is 218 g/mol. The summed E-state index contributed by atoms with van der Waals surface area (Å²) in [6.07, 6.45) is 0.749. The average molecular weight is 237 g/mol. The van der Waals surface area contributed by atoms with Gasteiger partial charge >= 0.3 is 6.03 Å². The van der Waals surface area contributed by atoms with Gasteiger partial charge in [0.1, 0.15) is 5.75 Å². The van der Waals surface area contributed by atoms with Crippen LogP contribution < -0.4 is 16.2 Å². The van der Waals surface area contributed by atoms with Crippen molar-refractivity contribution >= 4 is 6.03 Å². The highest BCUT2D eigenvalue weighted by molar-refractivity contribution is 5.72. The van der Waals surface area contributed by atoms with E-state index in [1.165, 1.54) is 0 Å². The second-order valence-corrected chi connectivity index (χ2v) is 3.75. The third-order valence-corrected chi connectivity index (χ3v) is 2.48. The lowest BCUT2D eigenvalue weighted by molar-refractivity contribution is 0.204. The number of ether oxygens (including phenoxy) is 1. The zero-order chi connectivity index (χ0) is 12.7. The summed E-state index contributed by atoms with van der Waals surface area (Å²) in [4.78, 5) is 12.8. The van der Waals surface area contributed by atoms with E-state index >= 15 is 0 Å².